The van der Waals surface area contributed by atoms with Crippen LogP contribution < -0.4 is 5.32 Å². The van der Waals surface area contributed by atoms with E-state index < -0.39 is 0 Å². The highest BCUT2D eigenvalue weighted by Gasteiger charge is 2.24. The first-order valence-corrected chi connectivity index (χ1v) is 7.60. The SMILES string of the molecule is CNC(Cc1nc(C)cs1)C1CSCCO1. The molecule has 1 fully saturated rings. The van der Waals surface area contributed by atoms with Gasteiger partial charge in [0.15, 0.2) is 0 Å². The number of likely N-dealkylation sites (N-methyl/N-ethyl adjacent to an activating group) is 1. The standard InChI is InChI=1S/C11H18N2OS2/c1-8-6-16-11(13-8)5-9(12-2)10-7-15-4-3-14-10/h6,9-10,12H,3-5,7H2,1-2H3. The molecule has 2 rings (SSSR count). The van der Waals surface area contributed by atoms with Crippen molar-refractivity contribution in [2.45, 2.75) is 25.5 Å². The third-order valence-electron chi connectivity index (χ3n) is 2.72. The van der Waals surface area contributed by atoms with Crippen LogP contribution >= 0.6 is 23.1 Å². The molecule has 2 unspecified atom stereocenters. The predicted molar refractivity (Wildman–Crippen MR) is 70.5 cm³/mol. The van der Waals surface area contributed by atoms with E-state index in [-0.39, 0.29) is 0 Å². The zero-order chi connectivity index (χ0) is 11.4. The Kier molecular flexibility index (Phi) is 4.64. The van der Waals surface area contributed by atoms with Gasteiger partial charge in [-0.3, -0.25) is 0 Å². The molecule has 0 bridgehead atoms. The monoisotopic (exact) mass is 258 g/mol. The normalized spacial score (nSPS) is 23.2. The van der Waals surface area contributed by atoms with Crippen LogP contribution in [0.1, 0.15) is 10.7 Å². The highest BCUT2D eigenvalue weighted by Crippen LogP contribution is 2.19. The number of ether oxygens (including phenoxy) is 1. The summed E-state index contributed by atoms with van der Waals surface area (Å²) in [7, 11) is 2.01. The van der Waals surface area contributed by atoms with Gasteiger partial charge in [-0.1, -0.05) is 0 Å². The summed E-state index contributed by atoms with van der Waals surface area (Å²) in [5, 5.41) is 6.67. The lowest BCUT2D eigenvalue weighted by molar-refractivity contribution is 0.0492. The molecule has 1 aliphatic heterocycles. The first-order chi connectivity index (χ1) is 7.79. The molecule has 2 heterocycles. The number of thiazole rings is 1. The molecule has 1 saturated heterocycles. The van der Waals surface area contributed by atoms with Crippen LogP contribution in [0.2, 0.25) is 0 Å². The Morgan fingerprint density at radius 2 is 2.56 bits per heavy atom. The van der Waals surface area contributed by atoms with E-state index in [0.717, 1.165) is 30.2 Å². The van der Waals surface area contributed by atoms with Crippen molar-refractivity contribution >= 4 is 23.1 Å². The van der Waals surface area contributed by atoms with E-state index in [4.69, 9.17) is 4.74 Å². The van der Waals surface area contributed by atoms with Crippen molar-refractivity contribution < 1.29 is 4.74 Å². The van der Waals surface area contributed by atoms with E-state index in [2.05, 4.69) is 15.7 Å². The molecule has 2 atom stereocenters. The van der Waals surface area contributed by atoms with Crippen LogP contribution in [0.25, 0.3) is 0 Å². The molecule has 0 spiro atoms. The van der Waals surface area contributed by atoms with Crippen molar-refractivity contribution in [2.75, 3.05) is 25.2 Å². The number of aryl methyl sites for hydroxylation is 1. The maximum Gasteiger partial charge on any atom is 0.0944 e. The summed E-state index contributed by atoms with van der Waals surface area (Å²) in [6, 6.07) is 0.387. The minimum atomic E-state index is 0.327. The lowest BCUT2D eigenvalue weighted by atomic mass is 10.1. The number of nitrogens with one attached hydrogen (secondary N) is 1. The molecule has 1 aromatic heterocycles. The number of hydrogen-bond donors (Lipinski definition) is 1. The maximum atomic E-state index is 5.80. The summed E-state index contributed by atoms with van der Waals surface area (Å²) < 4.78 is 5.80. The second-order valence-electron chi connectivity index (χ2n) is 3.97. The van der Waals surface area contributed by atoms with Gasteiger partial charge in [-0.2, -0.15) is 11.8 Å². The minimum Gasteiger partial charge on any atom is -0.375 e. The summed E-state index contributed by atoms with van der Waals surface area (Å²) in [4.78, 5) is 4.51. The Bertz CT molecular complexity index is 324. The summed E-state index contributed by atoms with van der Waals surface area (Å²) in [6.07, 6.45) is 1.30. The molecule has 0 amide bonds. The fraction of sp³-hybridized carbons (Fsp3) is 0.727. The Balaban J connectivity index is 1.94. The molecule has 5 heteroatoms. The second kappa shape index (κ2) is 6.00. The highest BCUT2D eigenvalue weighted by atomic mass is 32.2. The fourth-order valence-electron chi connectivity index (χ4n) is 1.84. The number of nitrogens with zero attached hydrogens (tertiary/aromatic N) is 1. The average Bonchev–Trinajstić information content (AvgIpc) is 2.73. The third kappa shape index (κ3) is 3.20. The Labute approximate surface area is 105 Å². The van der Waals surface area contributed by atoms with Gasteiger partial charge in [0.2, 0.25) is 0 Å². The van der Waals surface area contributed by atoms with Crippen molar-refractivity contribution in [1.82, 2.24) is 10.3 Å². The van der Waals surface area contributed by atoms with Gasteiger partial charge in [0, 0.05) is 35.0 Å². The van der Waals surface area contributed by atoms with Gasteiger partial charge < -0.3 is 10.1 Å². The topological polar surface area (TPSA) is 34.2 Å². The number of rotatable bonds is 4. The van der Waals surface area contributed by atoms with Crippen LogP contribution in [0.3, 0.4) is 0 Å². The highest BCUT2D eigenvalue weighted by molar-refractivity contribution is 7.99. The minimum absolute atomic E-state index is 0.327. The number of hydrogen-bond acceptors (Lipinski definition) is 5. The van der Waals surface area contributed by atoms with Crippen LogP contribution in [0.5, 0.6) is 0 Å². The van der Waals surface area contributed by atoms with Gasteiger partial charge in [0.25, 0.3) is 0 Å². The van der Waals surface area contributed by atoms with E-state index in [1.54, 1.807) is 11.3 Å². The van der Waals surface area contributed by atoms with Crippen molar-refractivity contribution in [1.29, 1.82) is 0 Å². The summed E-state index contributed by atoms with van der Waals surface area (Å²) >= 11 is 3.72. The van der Waals surface area contributed by atoms with Crippen LogP contribution in [0.15, 0.2) is 5.38 Å². The lowest BCUT2D eigenvalue weighted by Gasteiger charge is -2.29. The van der Waals surface area contributed by atoms with Gasteiger partial charge in [-0.15, -0.1) is 11.3 Å². The van der Waals surface area contributed by atoms with Crippen LogP contribution in [0, 0.1) is 6.92 Å². The molecule has 0 saturated carbocycles. The van der Waals surface area contributed by atoms with Gasteiger partial charge >= 0.3 is 0 Å². The molecule has 1 N–H and O–H groups in total. The largest absolute Gasteiger partial charge is 0.375 e. The van der Waals surface area contributed by atoms with Gasteiger partial charge in [0.05, 0.1) is 17.7 Å². The van der Waals surface area contributed by atoms with Crippen molar-refractivity contribution in [3.8, 4) is 0 Å². The predicted octanol–water partition coefficient (Wildman–Crippen LogP) is 1.71. The van der Waals surface area contributed by atoms with Crippen LogP contribution in [0.4, 0.5) is 0 Å². The summed E-state index contributed by atoms with van der Waals surface area (Å²) in [5.74, 6) is 2.22. The van der Waals surface area contributed by atoms with Crippen molar-refractivity contribution in [2.24, 2.45) is 0 Å². The summed E-state index contributed by atoms with van der Waals surface area (Å²) in [5.41, 5.74) is 1.12. The number of thioether (sulfide) groups is 1. The lowest BCUT2D eigenvalue weighted by Crippen LogP contribution is -2.44. The summed E-state index contributed by atoms with van der Waals surface area (Å²) in [6.45, 7) is 2.92. The first kappa shape index (κ1) is 12.4. The Morgan fingerprint density at radius 1 is 1.69 bits per heavy atom. The zero-order valence-corrected chi connectivity index (χ0v) is 11.4. The molecule has 90 valence electrons. The van der Waals surface area contributed by atoms with Gasteiger partial charge in [-0.25, -0.2) is 4.98 Å². The zero-order valence-electron chi connectivity index (χ0n) is 9.73. The molecule has 1 aromatic rings. The molecule has 0 radical (unpaired) electrons. The number of aromatic nitrogens is 1. The Hall–Kier alpha value is -0.100. The van der Waals surface area contributed by atoms with Gasteiger partial charge in [0.1, 0.15) is 0 Å². The molecular weight excluding hydrogens is 240 g/mol. The maximum absolute atomic E-state index is 5.80. The van der Waals surface area contributed by atoms with Gasteiger partial charge in [-0.05, 0) is 14.0 Å². The third-order valence-corrected chi connectivity index (χ3v) is 4.73. The molecule has 0 aliphatic carbocycles. The molecule has 3 nitrogen and oxygen atoms in total. The molecular formula is C11H18N2OS2. The van der Waals surface area contributed by atoms with Crippen LogP contribution in [-0.2, 0) is 11.2 Å². The second-order valence-corrected chi connectivity index (χ2v) is 6.06. The average molecular weight is 258 g/mol. The van der Waals surface area contributed by atoms with E-state index in [1.807, 2.05) is 25.7 Å². The van der Waals surface area contributed by atoms with Crippen molar-refractivity contribution in [3.05, 3.63) is 16.1 Å². The van der Waals surface area contributed by atoms with E-state index in [9.17, 15) is 0 Å². The Morgan fingerprint density at radius 3 is 3.12 bits per heavy atom. The van der Waals surface area contributed by atoms with E-state index >= 15 is 0 Å². The van der Waals surface area contributed by atoms with E-state index in [0.29, 0.717) is 12.1 Å². The smallest absolute Gasteiger partial charge is 0.0944 e. The molecule has 16 heavy (non-hydrogen) atoms. The molecule has 1 aliphatic rings. The van der Waals surface area contributed by atoms with Crippen molar-refractivity contribution in [3.63, 3.8) is 0 Å². The molecule has 0 aromatic carbocycles. The van der Waals surface area contributed by atoms with Crippen LogP contribution in [-0.4, -0.2) is 42.3 Å². The fourth-order valence-corrected chi connectivity index (χ4v) is 3.62. The quantitative estimate of drug-likeness (QED) is 0.891. The van der Waals surface area contributed by atoms with E-state index in [1.165, 1.54) is 5.01 Å². The first-order valence-electron chi connectivity index (χ1n) is 5.57.